The molecule has 3 aromatic rings. The molecular weight excluding hydrogens is 372 g/mol. The van der Waals surface area contributed by atoms with Crippen LogP contribution in [0.5, 0.6) is 5.75 Å². The third-order valence-corrected chi connectivity index (χ3v) is 4.60. The molecule has 134 valence electrons. The molecule has 0 fully saturated rings. The lowest BCUT2D eigenvalue weighted by atomic mass is 10.1. The fraction of sp³-hybridized carbons (Fsp3) is 0.211. The average Bonchev–Trinajstić information content (AvgIpc) is 3.09. The number of hydrogen-bond donors (Lipinski definition) is 0. The van der Waals surface area contributed by atoms with Crippen LogP contribution in [0.1, 0.15) is 28.7 Å². The summed E-state index contributed by atoms with van der Waals surface area (Å²) in [5, 5.41) is 9.01. The second kappa shape index (κ2) is 8.87. The van der Waals surface area contributed by atoms with Gasteiger partial charge >= 0.3 is 0 Å². The summed E-state index contributed by atoms with van der Waals surface area (Å²) in [6.07, 6.45) is 0.533. The molecule has 0 spiro atoms. The minimum Gasteiger partial charge on any atom is -0.494 e. The van der Waals surface area contributed by atoms with Gasteiger partial charge in [0.1, 0.15) is 5.75 Å². The Balaban J connectivity index is 1.54. The average molecular weight is 389 g/mol. The molecule has 0 radical (unpaired) electrons. The standard InChI is InChI=1S/C19H17ClN2O3S/c1-2-24-16-9-3-13(4-10-16)11-18-21-22-19(25-18)26-12-17(23)14-5-7-15(20)8-6-14/h3-10H,2,11-12H2,1H3. The predicted molar refractivity (Wildman–Crippen MR) is 101 cm³/mol. The lowest BCUT2D eigenvalue weighted by Gasteiger charge is -2.03. The Hall–Kier alpha value is -2.31. The molecule has 0 aliphatic carbocycles. The van der Waals surface area contributed by atoms with Crippen LogP contribution in [0, 0.1) is 0 Å². The third-order valence-electron chi connectivity index (χ3n) is 3.53. The van der Waals surface area contributed by atoms with E-state index in [2.05, 4.69) is 10.2 Å². The molecule has 0 atom stereocenters. The number of halogens is 1. The van der Waals surface area contributed by atoms with E-state index in [1.165, 1.54) is 11.8 Å². The number of aromatic nitrogens is 2. The van der Waals surface area contributed by atoms with E-state index in [0.717, 1.165) is 11.3 Å². The van der Waals surface area contributed by atoms with E-state index in [9.17, 15) is 4.79 Å². The van der Waals surface area contributed by atoms with Gasteiger partial charge in [0, 0.05) is 10.6 Å². The molecule has 0 N–H and O–H groups in total. The van der Waals surface area contributed by atoms with E-state index in [0.29, 0.717) is 34.7 Å². The van der Waals surface area contributed by atoms with Crippen LogP contribution in [-0.4, -0.2) is 28.3 Å². The fourth-order valence-electron chi connectivity index (χ4n) is 2.26. The van der Waals surface area contributed by atoms with E-state index in [1.807, 2.05) is 31.2 Å². The molecule has 0 aliphatic rings. The molecule has 0 saturated carbocycles. The second-order valence-electron chi connectivity index (χ2n) is 5.43. The Morgan fingerprint density at radius 3 is 2.54 bits per heavy atom. The number of ether oxygens (including phenoxy) is 1. The summed E-state index contributed by atoms with van der Waals surface area (Å²) in [7, 11) is 0. The van der Waals surface area contributed by atoms with Crippen molar-refractivity contribution in [3.05, 3.63) is 70.6 Å². The molecule has 26 heavy (non-hydrogen) atoms. The van der Waals surface area contributed by atoms with Crippen LogP contribution >= 0.6 is 23.4 Å². The maximum Gasteiger partial charge on any atom is 0.277 e. The molecule has 1 heterocycles. The minimum atomic E-state index is -0.0158. The molecule has 0 saturated heterocycles. The van der Waals surface area contributed by atoms with Crippen molar-refractivity contribution >= 4 is 29.1 Å². The monoisotopic (exact) mass is 388 g/mol. The van der Waals surface area contributed by atoms with Crippen LogP contribution in [-0.2, 0) is 6.42 Å². The van der Waals surface area contributed by atoms with E-state index in [1.54, 1.807) is 24.3 Å². The van der Waals surface area contributed by atoms with Crippen LogP contribution in [0.2, 0.25) is 5.02 Å². The maximum atomic E-state index is 12.1. The Morgan fingerprint density at radius 2 is 1.85 bits per heavy atom. The molecule has 7 heteroatoms. The van der Waals surface area contributed by atoms with Gasteiger partial charge in [-0.25, -0.2) is 0 Å². The number of Topliss-reactive ketones (excluding diaryl/α,β-unsaturated/α-hetero) is 1. The van der Waals surface area contributed by atoms with Gasteiger partial charge in [0.05, 0.1) is 18.8 Å². The summed E-state index contributed by atoms with van der Waals surface area (Å²) in [5.74, 6) is 1.55. The van der Waals surface area contributed by atoms with Gasteiger partial charge in [-0.1, -0.05) is 35.5 Å². The van der Waals surface area contributed by atoms with Gasteiger partial charge in [0.25, 0.3) is 5.22 Å². The predicted octanol–water partition coefficient (Wildman–Crippen LogP) is 4.69. The first-order valence-corrected chi connectivity index (χ1v) is 9.46. The van der Waals surface area contributed by atoms with Gasteiger partial charge in [-0.05, 0) is 48.9 Å². The van der Waals surface area contributed by atoms with Crippen molar-refractivity contribution in [2.45, 2.75) is 18.6 Å². The smallest absolute Gasteiger partial charge is 0.277 e. The lowest BCUT2D eigenvalue weighted by Crippen LogP contribution is -2.01. The van der Waals surface area contributed by atoms with Gasteiger partial charge in [-0.15, -0.1) is 10.2 Å². The van der Waals surface area contributed by atoms with Crippen LogP contribution < -0.4 is 4.74 Å². The Labute approximate surface area is 160 Å². The maximum absolute atomic E-state index is 12.1. The summed E-state index contributed by atoms with van der Waals surface area (Å²) in [6, 6.07) is 14.6. The first-order chi connectivity index (χ1) is 12.6. The third kappa shape index (κ3) is 5.09. The first kappa shape index (κ1) is 18.5. The van der Waals surface area contributed by atoms with E-state index < -0.39 is 0 Å². The summed E-state index contributed by atoms with van der Waals surface area (Å²) < 4.78 is 11.0. The molecule has 0 unspecified atom stereocenters. The van der Waals surface area contributed by atoms with Gasteiger partial charge in [0.2, 0.25) is 5.89 Å². The summed E-state index contributed by atoms with van der Waals surface area (Å²) in [4.78, 5) is 12.1. The van der Waals surface area contributed by atoms with Crippen molar-refractivity contribution in [3.8, 4) is 5.75 Å². The van der Waals surface area contributed by atoms with Gasteiger partial charge in [-0.2, -0.15) is 0 Å². The van der Waals surface area contributed by atoms with Gasteiger partial charge < -0.3 is 9.15 Å². The minimum absolute atomic E-state index is 0.0158. The molecule has 5 nitrogen and oxygen atoms in total. The fourth-order valence-corrected chi connectivity index (χ4v) is 3.06. The Bertz CT molecular complexity index is 863. The molecule has 1 aromatic heterocycles. The Kier molecular flexibility index (Phi) is 6.30. The number of thioether (sulfide) groups is 1. The quantitative estimate of drug-likeness (QED) is 0.412. The highest BCUT2D eigenvalue weighted by Gasteiger charge is 2.12. The highest BCUT2D eigenvalue weighted by molar-refractivity contribution is 7.99. The van der Waals surface area contributed by atoms with Crippen molar-refractivity contribution in [1.82, 2.24) is 10.2 Å². The highest BCUT2D eigenvalue weighted by atomic mass is 35.5. The largest absolute Gasteiger partial charge is 0.494 e. The lowest BCUT2D eigenvalue weighted by molar-refractivity contribution is 0.102. The van der Waals surface area contributed by atoms with Gasteiger partial charge in [0.15, 0.2) is 5.78 Å². The zero-order chi connectivity index (χ0) is 18.4. The number of nitrogens with zero attached hydrogens (tertiary/aromatic N) is 2. The van der Waals surface area contributed by atoms with Gasteiger partial charge in [-0.3, -0.25) is 4.79 Å². The van der Waals surface area contributed by atoms with Crippen molar-refractivity contribution in [2.75, 3.05) is 12.4 Å². The number of rotatable bonds is 8. The van der Waals surface area contributed by atoms with Crippen LogP contribution in [0.15, 0.2) is 58.2 Å². The molecule has 0 aliphatic heterocycles. The second-order valence-corrected chi connectivity index (χ2v) is 6.80. The topological polar surface area (TPSA) is 65.2 Å². The van der Waals surface area contributed by atoms with Crippen LogP contribution in [0.4, 0.5) is 0 Å². The van der Waals surface area contributed by atoms with Crippen molar-refractivity contribution in [2.24, 2.45) is 0 Å². The zero-order valence-electron chi connectivity index (χ0n) is 14.1. The SMILES string of the molecule is CCOc1ccc(Cc2nnc(SCC(=O)c3ccc(Cl)cc3)o2)cc1. The van der Waals surface area contributed by atoms with E-state index in [-0.39, 0.29) is 11.5 Å². The molecule has 0 amide bonds. The number of benzene rings is 2. The number of carbonyl (C=O) groups is 1. The van der Waals surface area contributed by atoms with E-state index in [4.69, 9.17) is 20.8 Å². The Morgan fingerprint density at radius 1 is 1.12 bits per heavy atom. The number of ketones is 1. The first-order valence-electron chi connectivity index (χ1n) is 8.09. The summed E-state index contributed by atoms with van der Waals surface area (Å²) >= 11 is 7.05. The van der Waals surface area contributed by atoms with E-state index >= 15 is 0 Å². The summed E-state index contributed by atoms with van der Waals surface area (Å²) in [6.45, 7) is 2.58. The number of hydrogen-bond acceptors (Lipinski definition) is 6. The zero-order valence-corrected chi connectivity index (χ0v) is 15.7. The number of carbonyl (C=O) groups excluding carboxylic acids is 1. The van der Waals surface area contributed by atoms with Crippen molar-refractivity contribution < 1.29 is 13.9 Å². The van der Waals surface area contributed by atoms with Crippen molar-refractivity contribution in [3.63, 3.8) is 0 Å². The molecular formula is C19H17ClN2O3S. The molecule has 2 aromatic carbocycles. The molecule has 3 rings (SSSR count). The molecule has 0 bridgehead atoms. The highest BCUT2D eigenvalue weighted by Crippen LogP contribution is 2.20. The summed E-state index contributed by atoms with van der Waals surface area (Å²) in [5.41, 5.74) is 1.65. The van der Waals surface area contributed by atoms with Crippen molar-refractivity contribution in [1.29, 1.82) is 0 Å². The van der Waals surface area contributed by atoms with Crippen LogP contribution in [0.3, 0.4) is 0 Å². The van der Waals surface area contributed by atoms with Crippen LogP contribution in [0.25, 0.3) is 0 Å². The normalized spacial score (nSPS) is 10.7.